The molecule has 1 aromatic carbocycles. The first kappa shape index (κ1) is 16.4. The average Bonchev–Trinajstić information content (AvgIpc) is 2.84. The van der Waals surface area contributed by atoms with Crippen molar-refractivity contribution in [1.29, 1.82) is 0 Å². The highest BCUT2D eigenvalue weighted by Gasteiger charge is 2.29. The molecule has 1 fully saturated rings. The third kappa shape index (κ3) is 3.42. The van der Waals surface area contributed by atoms with Crippen LogP contribution in [0.4, 0.5) is 4.39 Å². The molecule has 1 aliphatic heterocycles. The van der Waals surface area contributed by atoms with Crippen LogP contribution in [0, 0.1) is 5.82 Å². The van der Waals surface area contributed by atoms with Crippen molar-refractivity contribution >= 4 is 10.0 Å². The number of halogens is 1. The van der Waals surface area contributed by atoms with Gasteiger partial charge in [-0.1, -0.05) is 6.07 Å². The monoisotopic (exact) mass is 316 g/mol. The summed E-state index contributed by atoms with van der Waals surface area (Å²) in [6.07, 6.45) is 2.00. The second-order valence-corrected chi connectivity index (χ2v) is 7.49. The maximum absolute atomic E-state index is 13.4. The Bertz CT molecular complexity index is 606. The highest BCUT2D eigenvalue weighted by Crippen LogP contribution is 2.23. The molecule has 0 saturated carbocycles. The molecule has 0 spiro atoms. The van der Waals surface area contributed by atoms with E-state index in [1.54, 1.807) is 0 Å². The van der Waals surface area contributed by atoms with Gasteiger partial charge in [0.1, 0.15) is 5.82 Å². The minimum absolute atomic E-state index is 0.159. The summed E-state index contributed by atoms with van der Waals surface area (Å²) in [6.45, 7) is 0.882. The van der Waals surface area contributed by atoms with Gasteiger partial charge in [-0.2, -0.15) is 4.31 Å². The van der Waals surface area contributed by atoms with Crippen LogP contribution >= 0.6 is 0 Å². The molecule has 2 rings (SSSR count). The van der Waals surface area contributed by atoms with Crippen LogP contribution in [-0.2, 0) is 16.6 Å². The summed E-state index contributed by atoms with van der Waals surface area (Å²) in [5.41, 5.74) is 0.211. The molecule has 1 saturated heterocycles. The lowest BCUT2D eigenvalue weighted by molar-refractivity contribution is 0.268. The molecule has 1 aromatic rings. The van der Waals surface area contributed by atoms with Gasteiger partial charge >= 0.3 is 0 Å². The Balaban J connectivity index is 2.26. The molecule has 1 unspecified atom stereocenters. The third-order valence-corrected chi connectivity index (χ3v) is 5.93. The number of likely N-dealkylation sites (tertiary alicyclic amines) is 1. The van der Waals surface area contributed by atoms with E-state index in [4.69, 9.17) is 0 Å². The number of aliphatic hydroxyl groups is 1. The molecule has 118 valence electrons. The fraction of sp³-hybridized carbons (Fsp3) is 0.571. The second-order valence-electron chi connectivity index (χ2n) is 5.47. The zero-order chi connectivity index (χ0) is 15.6. The van der Waals surface area contributed by atoms with Crippen molar-refractivity contribution in [2.75, 3.05) is 27.2 Å². The average molecular weight is 316 g/mol. The van der Waals surface area contributed by atoms with E-state index < -0.39 is 22.4 Å². The van der Waals surface area contributed by atoms with Crippen LogP contribution in [0.5, 0.6) is 0 Å². The summed E-state index contributed by atoms with van der Waals surface area (Å²) < 4.78 is 39.8. The van der Waals surface area contributed by atoms with Crippen molar-refractivity contribution < 1.29 is 17.9 Å². The Morgan fingerprint density at radius 3 is 2.76 bits per heavy atom. The van der Waals surface area contributed by atoms with E-state index in [9.17, 15) is 17.9 Å². The topological polar surface area (TPSA) is 60.9 Å². The largest absolute Gasteiger partial charge is 0.392 e. The predicted molar refractivity (Wildman–Crippen MR) is 77.8 cm³/mol. The van der Waals surface area contributed by atoms with Crippen molar-refractivity contribution in [3.8, 4) is 0 Å². The zero-order valence-corrected chi connectivity index (χ0v) is 13.1. The summed E-state index contributed by atoms with van der Waals surface area (Å²) in [5, 5.41) is 9.27. The summed E-state index contributed by atoms with van der Waals surface area (Å²) in [7, 11) is -0.343. The molecule has 0 bridgehead atoms. The van der Waals surface area contributed by atoms with Gasteiger partial charge in [0.25, 0.3) is 0 Å². The van der Waals surface area contributed by atoms with Crippen LogP contribution in [0.1, 0.15) is 18.4 Å². The summed E-state index contributed by atoms with van der Waals surface area (Å²) in [4.78, 5) is 1.97. The molecule has 0 amide bonds. The third-order valence-electron chi connectivity index (χ3n) is 4.03. The Labute approximate surface area is 125 Å². The van der Waals surface area contributed by atoms with E-state index in [0.717, 1.165) is 31.5 Å². The number of nitrogens with zero attached hydrogens (tertiary/aromatic N) is 2. The number of aliphatic hydroxyl groups excluding tert-OH is 1. The van der Waals surface area contributed by atoms with Crippen LogP contribution in [0.2, 0.25) is 0 Å². The molecule has 1 N–H and O–H groups in total. The van der Waals surface area contributed by atoms with Gasteiger partial charge in [0.05, 0.1) is 11.5 Å². The van der Waals surface area contributed by atoms with Crippen LogP contribution in [-0.4, -0.2) is 56.0 Å². The molecule has 1 heterocycles. The van der Waals surface area contributed by atoms with E-state index in [1.165, 1.54) is 17.4 Å². The summed E-state index contributed by atoms with van der Waals surface area (Å²) >= 11 is 0. The van der Waals surface area contributed by atoms with Gasteiger partial charge in [0.2, 0.25) is 10.0 Å². The standard InChI is InChI=1S/C14H21FN2O3S/c1-16-7-3-4-13(16)9-17(2)21(19,20)14-8-12(15)6-5-11(14)10-18/h5-6,8,13,18H,3-4,7,9-10H2,1-2H3. The zero-order valence-electron chi connectivity index (χ0n) is 12.3. The molecular formula is C14H21FN2O3S. The normalized spacial score (nSPS) is 20.3. The van der Waals surface area contributed by atoms with Crippen molar-refractivity contribution in [3.63, 3.8) is 0 Å². The van der Waals surface area contributed by atoms with Gasteiger partial charge < -0.3 is 10.0 Å². The van der Waals surface area contributed by atoms with E-state index >= 15 is 0 Å². The van der Waals surface area contributed by atoms with Gasteiger partial charge in [-0.3, -0.25) is 0 Å². The SMILES string of the molecule is CN1CCCC1CN(C)S(=O)(=O)c1cc(F)ccc1CO. The summed E-state index contributed by atoms with van der Waals surface area (Å²) in [5.74, 6) is -0.628. The number of sulfonamides is 1. The maximum atomic E-state index is 13.4. The first-order valence-corrected chi connectivity index (χ1v) is 8.36. The van der Waals surface area contributed by atoms with E-state index in [-0.39, 0.29) is 16.5 Å². The molecule has 0 aromatic heterocycles. The van der Waals surface area contributed by atoms with Crippen molar-refractivity contribution in [2.24, 2.45) is 0 Å². The maximum Gasteiger partial charge on any atom is 0.243 e. The van der Waals surface area contributed by atoms with Crippen molar-refractivity contribution in [2.45, 2.75) is 30.4 Å². The fourth-order valence-corrected chi connectivity index (χ4v) is 4.10. The molecule has 0 radical (unpaired) electrons. The molecule has 1 aliphatic rings. The number of rotatable bonds is 5. The number of likely N-dealkylation sites (N-methyl/N-ethyl adjacent to an activating group) is 2. The molecule has 21 heavy (non-hydrogen) atoms. The molecule has 5 nitrogen and oxygen atoms in total. The summed E-state index contributed by atoms with van der Waals surface area (Å²) in [6, 6.07) is 3.60. The van der Waals surface area contributed by atoms with Crippen LogP contribution in [0.3, 0.4) is 0 Å². The quantitative estimate of drug-likeness (QED) is 0.881. The van der Waals surface area contributed by atoms with Crippen LogP contribution in [0.25, 0.3) is 0 Å². The lowest BCUT2D eigenvalue weighted by Gasteiger charge is -2.26. The van der Waals surface area contributed by atoms with Gasteiger partial charge in [-0.05, 0) is 44.1 Å². The Hall–Kier alpha value is -1.02. The highest BCUT2D eigenvalue weighted by molar-refractivity contribution is 7.89. The van der Waals surface area contributed by atoms with Gasteiger partial charge in [0, 0.05) is 19.6 Å². The Morgan fingerprint density at radius 2 is 2.19 bits per heavy atom. The smallest absolute Gasteiger partial charge is 0.243 e. The molecular weight excluding hydrogens is 295 g/mol. The lowest BCUT2D eigenvalue weighted by Crippen LogP contribution is -2.39. The predicted octanol–water partition coefficient (Wildman–Crippen LogP) is 1.03. The minimum Gasteiger partial charge on any atom is -0.392 e. The van der Waals surface area contributed by atoms with Gasteiger partial charge in [-0.15, -0.1) is 0 Å². The first-order chi connectivity index (χ1) is 9.86. The van der Waals surface area contributed by atoms with E-state index in [1.807, 2.05) is 7.05 Å². The number of hydrogen-bond acceptors (Lipinski definition) is 4. The molecule has 0 aliphatic carbocycles. The Kier molecular flexibility index (Phi) is 4.98. The highest BCUT2D eigenvalue weighted by atomic mass is 32.2. The van der Waals surface area contributed by atoms with Crippen molar-refractivity contribution in [1.82, 2.24) is 9.21 Å². The number of hydrogen-bond donors (Lipinski definition) is 1. The minimum atomic E-state index is -3.81. The van der Waals surface area contributed by atoms with E-state index in [2.05, 4.69) is 4.90 Å². The second kappa shape index (κ2) is 6.39. The number of benzene rings is 1. The lowest BCUT2D eigenvalue weighted by atomic mass is 10.2. The molecule has 7 heteroatoms. The van der Waals surface area contributed by atoms with Crippen LogP contribution < -0.4 is 0 Å². The fourth-order valence-electron chi connectivity index (χ4n) is 2.67. The first-order valence-electron chi connectivity index (χ1n) is 6.92. The molecule has 1 atom stereocenters. The Morgan fingerprint density at radius 1 is 1.48 bits per heavy atom. The van der Waals surface area contributed by atoms with Crippen molar-refractivity contribution in [3.05, 3.63) is 29.6 Å². The van der Waals surface area contributed by atoms with Crippen LogP contribution in [0.15, 0.2) is 23.1 Å². The van der Waals surface area contributed by atoms with E-state index in [0.29, 0.717) is 6.54 Å². The van der Waals surface area contributed by atoms with Gasteiger partial charge in [0.15, 0.2) is 0 Å². The van der Waals surface area contributed by atoms with Gasteiger partial charge in [-0.25, -0.2) is 12.8 Å².